The van der Waals surface area contributed by atoms with Gasteiger partial charge in [-0.2, -0.15) is 5.10 Å². The average molecular weight is 283 g/mol. The van der Waals surface area contributed by atoms with Gasteiger partial charge in [0.25, 0.3) is 5.91 Å². The summed E-state index contributed by atoms with van der Waals surface area (Å²) < 4.78 is 7.71. The van der Waals surface area contributed by atoms with Gasteiger partial charge in [0.15, 0.2) is 0 Å². The molecule has 2 aromatic rings. The minimum atomic E-state index is 0.0955. The SMILES string of the molecule is O=C(c1cccc2ccnn12)N1C[C@@H]2[C@H](C1)[C@H]1CC[C@@H]2O1. The van der Waals surface area contributed by atoms with E-state index in [1.54, 1.807) is 10.7 Å². The van der Waals surface area contributed by atoms with Crippen molar-refractivity contribution in [2.45, 2.75) is 25.0 Å². The lowest BCUT2D eigenvalue weighted by molar-refractivity contribution is 0.0589. The molecule has 5 nitrogen and oxygen atoms in total. The zero-order valence-corrected chi connectivity index (χ0v) is 11.7. The lowest BCUT2D eigenvalue weighted by Crippen LogP contribution is -2.32. The summed E-state index contributed by atoms with van der Waals surface area (Å²) in [6, 6.07) is 7.68. The number of likely N-dealkylation sites (tertiary alicyclic amines) is 1. The van der Waals surface area contributed by atoms with Crippen LogP contribution in [0.15, 0.2) is 30.5 Å². The molecule has 0 saturated carbocycles. The van der Waals surface area contributed by atoms with Gasteiger partial charge >= 0.3 is 0 Å². The van der Waals surface area contributed by atoms with Crippen molar-refractivity contribution < 1.29 is 9.53 Å². The number of ether oxygens (including phenoxy) is 1. The van der Waals surface area contributed by atoms with Crippen molar-refractivity contribution in [3.63, 3.8) is 0 Å². The quantitative estimate of drug-likeness (QED) is 0.798. The molecule has 0 spiro atoms. The molecule has 0 N–H and O–H groups in total. The lowest BCUT2D eigenvalue weighted by Gasteiger charge is -2.19. The summed E-state index contributed by atoms with van der Waals surface area (Å²) in [5.41, 5.74) is 1.62. The third-order valence-corrected chi connectivity index (χ3v) is 5.38. The topological polar surface area (TPSA) is 46.8 Å². The number of pyridine rings is 1. The van der Waals surface area contributed by atoms with Gasteiger partial charge in [0.1, 0.15) is 5.69 Å². The van der Waals surface area contributed by atoms with Crippen LogP contribution in [0.2, 0.25) is 0 Å². The van der Waals surface area contributed by atoms with Crippen LogP contribution in [0.1, 0.15) is 23.3 Å². The van der Waals surface area contributed by atoms with E-state index in [-0.39, 0.29) is 5.91 Å². The number of amides is 1. The van der Waals surface area contributed by atoms with E-state index in [1.807, 2.05) is 29.2 Å². The van der Waals surface area contributed by atoms with Crippen LogP contribution in [0.4, 0.5) is 0 Å². The summed E-state index contributed by atoms with van der Waals surface area (Å²) in [6.07, 6.45) is 4.85. The fraction of sp³-hybridized carbons (Fsp3) is 0.500. The average Bonchev–Trinajstić information content (AvgIpc) is 3.24. The summed E-state index contributed by atoms with van der Waals surface area (Å²) in [7, 11) is 0. The van der Waals surface area contributed by atoms with Crippen molar-refractivity contribution in [3.05, 3.63) is 36.2 Å². The maximum Gasteiger partial charge on any atom is 0.272 e. The van der Waals surface area contributed by atoms with E-state index in [0.29, 0.717) is 29.7 Å². The molecule has 3 saturated heterocycles. The van der Waals surface area contributed by atoms with Crippen LogP contribution < -0.4 is 0 Å². The summed E-state index contributed by atoms with van der Waals surface area (Å²) >= 11 is 0. The molecular weight excluding hydrogens is 266 g/mol. The maximum absolute atomic E-state index is 12.8. The van der Waals surface area contributed by atoms with Crippen molar-refractivity contribution in [3.8, 4) is 0 Å². The third kappa shape index (κ3) is 1.55. The van der Waals surface area contributed by atoms with E-state index in [4.69, 9.17) is 4.74 Å². The molecule has 1 amide bonds. The number of aromatic nitrogens is 2. The van der Waals surface area contributed by atoms with Gasteiger partial charge in [-0.05, 0) is 31.0 Å². The molecule has 0 aromatic carbocycles. The molecule has 21 heavy (non-hydrogen) atoms. The smallest absolute Gasteiger partial charge is 0.272 e. The molecule has 5 heteroatoms. The van der Waals surface area contributed by atoms with Crippen LogP contribution in [0.3, 0.4) is 0 Å². The second-order valence-electron chi connectivity index (χ2n) is 6.41. The van der Waals surface area contributed by atoms with Gasteiger partial charge in [-0.3, -0.25) is 4.79 Å². The number of fused-ring (bicyclic) bond motifs is 6. The highest BCUT2D eigenvalue weighted by atomic mass is 16.5. The van der Waals surface area contributed by atoms with Crippen molar-refractivity contribution >= 4 is 11.4 Å². The van der Waals surface area contributed by atoms with Crippen LogP contribution in [0.25, 0.3) is 5.52 Å². The van der Waals surface area contributed by atoms with E-state index in [9.17, 15) is 4.79 Å². The van der Waals surface area contributed by atoms with E-state index < -0.39 is 0 Å². The van der Waals surface area contributed by atoms with E-state index >= 15 is 0 Å². The highest BCUT2D eigenvalue weighted by Gasteiger charge is 2.53. The van der Waals surface area contributed by atoms with Crippen molar-refractivity contribution in [2.75, 3.05) is 13.1 Å². The number of hydrogen-bond donors (Lipinski definition) is 0. The summed E-state index contributed by atoms with van der Waals surface area (Å²) in [5.74, 6) is 1.19. The Balaban J connectivity index is 1.46. The fourth-order valence-electron chi connectivity index (χ4n) is 4.40. The number of carbonyl (C=O) groups is 1. The third-order valence-electron chi connectivity index (χ3n) is 5.38. The molecule has 3 fully saturated rings. The molecule has 4 atom stereocenters. The zero-order valence-electron chi connectivity index (χ0n) is 11.7. The predicted molar refractivity (Wildman–Crippen MR) is 76.0 cm³/mol. The van der Waals surface area contributed by atoms with Gasteiger partial charge in [-0.25, -0.2) is 4.52 Å². The van der Waals surface area contributed by atoms with Gasteiger partial charge in [0.05, 0.1) is 23.9 Å². The Labute approximate surface area is 122 Å². The standard InChI is InChI=1S/C16H17N3O2/c20-16(13-3-1-2-10-6-7-17-19(10)13)18-8-11-12(9-18)15-5-4-14(11)21-15/h1-3,6-7,11-12,14-15H,4-5,8-9H2/t11-,12+,14+,15-. The summed E-state index contributed by atoms with van der Waals surface area (Å²) in [5, 5.41) is 4.27. The summed E-state index contributed by atoms with van der Waals surface area (Å²) in [4.78, 5) is 14.8. The Hall–Kier alpha value is -1.88. The molecule has 0 aliphatic carbocycles. The van der Waals surface area contributed by atoms with E-state index in [1.165, 1.54) is 12.8 Å². The first kappa shape index (κ1) is 11.7. The Kier molecular flexibility index (Phi) is 2.28. The molecule has 2 aromatic heterocycles. The van der Waals surface area contributed by atoms with Gasteiger partial charge in [-0.1, -0.05) is 6.07 Å². The molecule has 108 valence electrons. The zero-order chi connectivity index (χ0) is 14.0. The first-order valence-electron chi connectivity index (χ1n) is 7.69. The number of hydrogen-bond acceptors (Lipinski definition) is 3. The highest BCUT2D eigenvalue weighted by Crippen LogP contribution is 2.47. The molecular formula is C16H17N3O2. The van der Waals surface area contributed by atoms with Gasteiger partial charge in [0.2, 0.25) is 0 Å². The van der Waals surface area contributed by atoms with Crippen molar-refractivity contribution in [1.29, 1.82) is 0 Å². The van der Waals surface area contributed by atoms with Gasteiger partial charge in [0, 0.05) is 24.9 Å². The molecule has 5 heterocycles. The van der Waals surface area contributed by atoms with Crippen LogP contribution in [-0.4, -0.2) is 45.7 Å². The molecule has 0 radical (unpaired) electrons. The molecule has 3 aliphatic rings. The van der Waals surface area contributed by atoms with Crippen LogP contribution >= 0.6 is 0 Å². The first-order valence-corrected chi connectivity index (χ1v) is 7.69. The summed E-state index contributed by atoms with van der Waals surface area (Å²) in [6.45, 7) is 1.67. The Morgan fingerprint density at radius 2 is 1.90 bits per heavy atom. The van der Waals surface area contributed by atoms with Gasteiger partial charge < -0.3 is 9.64 Å². The van der Waals surface area contributed by atoms with Crippen LogP contribution in [-0.2, 0) is 4.74 Å². The van der Waals surface area contributed by atoms with Crippen LogP contribution in [0, 0.1) is 11.8 Å². The number of rotatable bonds is 1. The largest absolute Gasteiger partial charge is 0.374 e. The molecule has 5 rings (SSSR count). The number of nitrogens with zero attached hydrogens (tertiary/aromatic N) is 3. The number of carbonyl (C=O) groups excluding carboxylic acids is 1. The van der Waals surface area contributed by atoms with Gasteiger partial charge in [-0.15, -0.1) is 0 Å². The van der Waals surface area contributed by atoms with E-state index in [0.717, 1.165) is 18.6 Å². The maximum atomic E-state index is 12.8. The Morgan fingerprint density at radius 1 is 1.14 bits per heavy atom. The Morgan fingerprint density at radius 3 is 2.67 bits per heavy atom. The monoisotopic (exact) mass is 283 g/mol. The first-order chi connectivity index (χ1) is 10.3. The minimum absolute atomic E-state index is 0.0955. The van der Waals surface area contributed by atoms with Crippen molar-refractivity contribution in [1.82, 2.24) is 14.5 Å². The lowest BCUT2D eigenvalue weighted by atomic mass is 9.82. The molecule has 2 bridgehead atoms. The van der Waals surface area contributed by atoms with E-state index in [2.05, 4.69) is 5.10 Å². The minimum Gasteiger partial charge on any atom is -0.374 e. The highest BCUT2D eigenvalue weighted by molar-refractivity contribution is 5.93. The second kappa shape index (κ2) is 4.07. The second-order valence-corrected chi connectivity index (χ2v) is 6.41. The fourth-order valence-corrected chi connectivity index (χ4v) is 4.40. The van der Waals surface area contributed by atoms with Crippen molar-refractivity contribution in [2.24, 2.45) is 11.8 Å². The predicted octanol–water partition coefficient (Wildman–Crippen LogP) is 1.58. The normalized spacial score (nSPS) is 33.8. The Bertz CT molecular complexity index is 707. The molecule has 0 unspecified atom stereocenters. The van der Waals surface area contributed by atoms with Crippen LogP contribution in [0.5, 0.6) is 0 Å². The molecule has 3 aliphatic heterocycles.